The lowest BCUT2D eigenvalue weighted by Crippen LogP contribution is -2.31. The number of aliphatic hydroxyl groups excluding tert-OH is 1. The number of nitrogens with zero attached hydrogens (tertiary/aromatic N) is 1. The third-order valence-corrected chi connectivity index (χ3v) is 4.06. The Morgan fingerprint density at radius 1 is 1.00 bits per heavy atom. The van der Waals surface area contributed by atoms with E-state index in [-0.39, 0.29) is 5.91 Å². The second-order valence-corrected chi connectivity index (χ2v) is 5.74. The number of amides is 2. The Balaban J connectivity index is 1.96. The molecule has 2 aromatic rings. The van der Waals surface area contributed by atoms with Crippen LogP contribution in [-0.2, 0) is 16.0 Å². The van der Waals surface area contributed by atoms with Gasteiger partial charge >= 0.3 is 0 Å². The lowest BCUT2D eigenvalue weighted by atomic mass is 10.1. The van der Waals surface area contributed by atoms with Gasteiger partial charge in [0, 0.05) is 18.8 Å². The van der Waals surface area contributed by atoms with Crippen LogP contribution in [0, 0.1) is 0 Å². The lowest BCUT2D eigenvalue weighted by molar-refractivity contribution is -0.130. The summed E-state index contributed by atoms with van der Waals surface area (Å²) in [5, 5.41) is 12.8. The fourth-order valence-electron chi connectivity index (χ4n) is 2.57. The standard InChI is InChI=1S/C20H24N2O3/c1-3-22(4-2)18(23)14-15-10-12-17(13-11-15)21-20(25)19(24)16-8-6-5-7-9-16/h5-13,19,24H,3-4,14H2,1-2H3,(H,21,25). The van der Waals surface area contributed by atoms with Crippen molar-refractivity contribution in [1.29, 1.82) is 0 Å². The number of carbonyl (C=O) groups is 2. The number of hydrogen-bond acceptors (Lipinski definition) is 3. The fraction of sp³-hybridized carbons (Fsp3) is 0.300. The first kappa shape index (κ1) is 18.7. The third kappa shape index (κ3) is 5.16. The number of carbonyl (C=O) groups excluding carboxylic acids is 2. The average molecular weight is 340 g/mol. The van der Waals surface area contributed by atoms with Crippen LogP contribution in [0.3, 0.4) is 0 Å². The molecule has 5 heteroatoms. The number of likely N-dealkylation sites (N-methyl/N-ethyl adjacent to an activating group) is 1. The molecule has 2 amide bonds. The predicted octanol–water partition coefficient (Wildman–Crippen LogP) is 2.77. The van der Waals surface area contributed by atoms with E-state index in [1.165, 1.54) is 0 Å². The highest BCUT2D eigenvalue weighted by Gasteiger charge is 2.17. The molecular weight excluding hydrogens is 316 g/mol. The number of hydrogen-bond donors (Lipinski definition) is 2. The van der Waals surface area contributed by atoms with Gasteiger partial charge in [0.05, 0.1) is 6.42 Å². The molecule has 0 fully saturated rings. The Hall–Kier alpha value is -2.66. The van der Waals surface area contributed by atoms with Gasteiger partial charge in [-0.25, -0.2) is 0 Å². The van der Waals surface area contributed by atoms with Crippen LogP contribution in [0.4, 0.5) is 5.69 Å². The second-order valence-electron chi connectivity index (χ2n) is 5.74. The molecule has 0 saturated heterocycles. The van der Waals surface area contributed by atoms with E-state index in [0.717, 1.165) is 5.56 Å². The maximum atomic E-state index is 12.1. The summed E-state index contributed by atoms with van der Waals surface area (Å²) >= 11 is 0. The minimum atomic E-state index is -1.22. The highest BCUT2D eigenvalue weighted by molar-refractivity contribution is 5.94. The second kappa shape index (κ2) is 8.99. The van der Waals surface area contributed by atoms with Crippen molar-refractivity contribution in [3.8, 4) is 0 Å². The number of nitrogens with one attached hydrogen (secondary N) is 1. The molecule has 0 aliphatic carbocycles. The van der Waals surface area contributed by atoms with E-state index in [4.69, 9.17) is 0 Å². The summed E-state index contributed by atoms with van der Waals surface area (Å²) in [6, 6.07) is 15.9. The molecule has 0 bridgehead atoms. The van der Waals surface area contributed by atoms with Crippen LogP contribution in [0.15, 0.2) is 54.6 Å². The molecule has 0 spiro atoms. The van der Waals surface area contributed by atoms with Gasteiger partial charge in [0.25, 0.3) is 5.91 Å². The minimum absolute atomic E-state index is 0.0845. The van der Waals surface area contributed by atoms with E-state index in [0.29, 0.717) is 30.8 Å². The summed E-state index contributed by atoms with van der Waals surface area (Å²) in [5.41, 5.74) is 2.01. The molecule has 1 atom stereocenters. The lowest BCUT2D eigenvalue weighted by Gasteiger charge is -2.18. The Bertz CT molecular complexity index is 695. The van der Waals surface area contributed by atoms with Crippen molar-refractivity contribution in [3.63, 3.8) is 0 Å². The van der Waals surface area contributed by atoms with Crippen molar-refractivity contribution in [3.05, 3.63) is 65.7 Å². The monoisotopic (exact) mass is 340 g/mol. The molecule has 1 unspecified atom stereocenters. The smallest absolute Gasteiger partial charge is 0.257 e. The third-order valence-electron chi connectivity index (χ3n) is 4.06. The maximum absolute atomic E-state index is 12.1. The Morgan fingerprint density at radius 3 is 2.16 bits per heavy atom. The number of aliphatic hydroxyl groups is 1. The van der Waals surface area contributed by atoms with Gasteiger partial charge in [-0.3, -0.25) is 9.59 Å². The van der Waals surface area contributed by atoms with Crippen molar-refractivity contribution in [2.24, 2.45) is 0 Å². The van der Waals surface area contributed by atoms with Crippen molar-refractivity contribution in [1.82, 2.24) is 4.90 Å². The number of rotatable bonds is 7. The summed E-state index contributed by atoms with van der Waals surface area (Å²) in [6.45, 7) is 5.30. The fourth-order valence-corrected chi connectivity index (χ4v) is 2.57. The van der Waals surface area contributed by atoms with Crippen molar-refractivity contribution < 1.29 is 14.7 Å². The van der Waals surface area contributed by atoms with Crippen LogP contribution in [-0.4, -0.2) is 34.9 Å². The zero-order valence-electron chi connectivity index (χ0n) is 14.6. The topological polar surface area (TPSA) is 69.6 Å². The molecule has 0 saturated carbocycles. The van der Waals surface area contributed by atoms with Crippen molar-refractivity contribution >= 4 is 17.5 Å². The molecule has 25 heavy (non-hydrogen) atoms. The molecule has 2 rings (SSSR count). The van der Waals surface area contributed by atoms with Crippen molar-refractivity contribution in [2.75, 3.05) is 18.4 Å². The first-order valence-electron chi connectivity index (χ1n) is 8.45. The molecule has 0 aliphatic heterocycles. The molecule has 0 aromatic heterocycles. The quantitative estimate of drug-likeness (QED) is 0.814. The van der Waals surface area contributed by atoms with Crippen LogP contribution in [0.5, 0.6) is 0 Å². The van der Waals surface area contributed by atoms with E-state index in [1.54, 1.807) is 41.3 Å². The summed E-state index contributed by atoms with van der Waals surface area (Å²) in [5.74, 6) is -0.403. The molecule has 2 aromatic carbocycles. The predicted molar refractivity (Wildman–Crippen MR) is 98.1 cm³/mol. The Morgan fingerprint density at radius 2 is 1.60 bits per heavy atom. The normalized spacial score (nSPS) is 11.6. The molecule has 2 N–H and O–H groups in total. The highest BCUT2D eigenvalue weighted by Crippen LogP contribution is 2.16. The Labute approximate surface area is 148 Å². The molecule has 132 valence electrons. The summed E-state index contributed by atoms with van der Waals surface area (Å²) < 4.78 is 0. The van der Waals surface area contributed by atoms with Crippen LogP contribution in [0.2, 0.25) is 0 Å². The number of benzene rings is 2. The van der Waals surface area contributed by atoms with E-state index in [1.807, 2.05) is 32.0 Å². The largest absolute Gasteiger partial charge is 0.378 e. The van der Waals surface area contributed by atoms with Gasteiger partial charge in [-0.2, -0.15) is 0 Å². The summed E-state index contributed by atoms with van der Waals surface area (Å²) in [6.07, 6.45) is -0.882. The zero-order chi connectivity index (χ0) is 18.2. The minimum Gasteiger partial charge on any atom is -0.378 e. The van der Waals surface area contributed by atoms with Crippen LogP contribution >= 0.6 is 0 Å². The van der Waals surface area contributed by atoms with E-state index in [2.05, 4.69) is 5.32 Å². The molecule has 0 radical (unpaired) electrons. The van der Waals surface area contributed by atoms with Crippen LogP contribution in [0.25, 0.3) is 0 Å². The maximum Gasteiger partial charge on any atom is 0.257 e. The SMILES string of the molecule is CCN(CC)C(=O)Cc1ccc(NC(=O)C(O)c2ccccc2)cc1. The van der Waals surface area contributed by atoms with Crippen LogP contribution < -0.4 is 5.32 Å². The summed E-state index contributed by atoms with van der Waals surface area (Å²) in [4.78, 5) is 26.0. The van der Waals surface area contributed by atoms with E-state index < -0.39 is 12.0 Å². The van der Waals surface area contributed by atoms with E-state index in [9.17, 15) is 14.7 Å². The van der Waals surface area contributed by atoms with Gasteiger partial charge in [-0.15, -0.1) is 0 Å². The van der Waals surface area contributed by atoms with E-state index >= 15 is 0 Å². The molecule has 5 nitrogen and oxygen atoms in total. The van der Waals surface area contributed by atoms with Crippen molar-refractivity contribution in [2.45, 2.75) is 26.4 Å². The molecular formula is C20H24N2O3. The molecule has 0 heterocycles. The summed E-state index contributed by atoms with van der Waals surface area (Å²) in [7, 11) is 0. The van der Waals surface area contributed by atoms with Gasteiger partial charge in [0.2, 0.25) is 5.91 Å². The molecule has 0 aliphatic rings. The van der Waals surface area contributed by atoms with Gasteiger partial charge < -0.3 is 15.3 Å². The van der Waals surface area contributed by atoms with Gasteiger partial charge in [-0.05, 0) is 37.1 Å². The average Bonchev–Trinajstić information content (AvgIpc) is 2.64. The highest BCUT2D eigenvalue weighted by atomic mass is 16.3. The van der Waals surface area contributed by atoms with Gasteiger partial charge in [0.15, 0.2) is 6.10 Å². The Kier molecular flexibility index (Phi) is 6.71. The zero-order valence-corrected chi connectivity index (χ0v) is 14.6. The van der Waals surface area contributed by atoms with Crippen LogP contribution in [0.1, 0.15) is 31.1 Å². The first-order valence-corrected chi connectivity index (χ1v) is 8.45. The first-order chi connectivity index (χ1) is 12.0. The number of anilines is 1. The van der Waals surface area contributed by atoms with Gasteiger partial charge in [-0.1, -0.05) is 42.5 Å². The van der Waals surface area contributed by atoms with Gasteiger partial charge in [0.1, 0.15) is 0 Å².